The van der Waals surface area contributed by atoms with Crippen LogP contribution in [0.1, 0.15) is 81.3 Å². The molecule has 0 unspecified atom stereocenters. The Kier molecular flexibility index (Phi) is 8.22. The molecule has 7 nitrogen and oxygen atoms in total. The highest BCUT2D eigenvalue weighted by molar-refractivity contribution is 7.14. The summed E-state index contributed by atoms with van der Waals surface area (Å²) in [5.41, 5.74) is 0.104. The molecule has 2 amide bonds. The molecule has 2 heterocycles. The van der Waals surface area contributed by atoms with Gasteiger partial charge < -0.3 is 14.7 Å². The third-order valence-corrected chi connectivity index (χ3v) is 8.35. The first-order valence-electron chi connectivity index (χ1n) is 12.1. The Morgan fingerprint density at radius 3 is 2.30 bits per heavy atom. The van der Waals surface area contributed by atoms with Crippen LogP contribution in [0.25, 0.3) is 0 Å². The van der Waals surface area contributed by atoms with E-state index in [0.29, 0.717) is 44.3 Å². The summed E-state index contributed by atoms with van der Waals surface area (Å²) < 4.78 is 5.40. The highest BCUT2D eigenvalue weighted by Gasteiger charge is 2.40. The van der Waals surface area contributed by atoms with Crippen LogP contribution in [-0.4, -0.2) is 60.1 Å². The summed E-state index contributed by atoms with van der Waals surface area (Å²) in [5.74, 6) is -0.904. The minimum atomic E-state index is -1.06. The van der Waals surface area contributed by atoms with Crippen LogP contribution < -0.4 is 4.90 Å². The number of ether oxygens (including phenoxy) is 1. The summed E-state index contributed by atoms with van der Waals surface area (Å²) in [6.45, 7) is 12.1. The van der Waals surface area contributed by atoms with E-state index in [2.05, 4.69) is 6.92 Å². The van der Waals surface area contributed by atoms with E-state index < -0.39 is 12.0 Å². The van der Waals surface area contributed by atoms with Gasteiger partial charge >= 0.3 is 5.97 Å². The van der Waals surface area contributed by atoms with Crippen LogP contribution in [0.15, 0.2) is 6.07 Å². The predicted molar refractivity (Wildman–Crippen MR) is 130 cm³/mol. The first-order chi connectivity index (χ1) is 15.5. The molecule has 1 aromatic heterocycles. The van der Waals surface area contributed by atoms with Gasteiger partial charge in [0.05, 0.1) is 18.9 Å². The number of nitrogens with zero attached hydrogens (tertiary/aromatic N) is 2. The molecule has 1 saturated carbocycles. The minimum Gasteiger partial charge on any atom is -0.477 e. The number of carbonyl (C=O) groups is 3. The van der Waals surface area contributed by atoms with E-state index in [0.717, 1.165) is 30.6 Å². The second-order valence-electron chi connectivity index (χ2n) is 10.4. The van der Waals surface area contributed by atoms with E-state index in [1.54, 1.807) is 9.80 Å². The molecule has 1 atom stereocenters. The minimum absolute atomic E-state index is 0.115. The Balaban J connectivity index is 2.06. The van der Waals surface area contributed by atoms with Gasteiger partial charge in [-0.1, -0.05) is 34.6 Å². The molecule has 0 spiro atoms. The second kappa shape index (κ2) is 10.6. The summed E-state index contributed by atoms with van der Waals surface area (Å²) in [4.78, 5) is 44.1. The molecule has 1 aliphatic carbocycles. The van der Waals surface area contributed by atoms with Gasteiger partial charge in [0.1, 0.15) is 10.9 Å². The van der Waals surface area contributed by atoms with Gasteiger partial charge in [0, 0.05) is 23.9 Å². The standard InChI is InChI=1S/C25H38N2O5S/c1-6-18(23(29)26-11-13-32-14-12-26)27(22(28)17-9-7-16(2)8-10-17)19-15-20(25(3,4)5)33-21(19)24(30)31/h15-18H,6-14H2,1-5H3,(H,30,31)/t16-,17-,18-/m0/s1. The van der Waals surface area contributed by atoms with Crippen molar-refractivity contribution in [2.45, 2.75) is 78.2 Å². The van der Waals surface area contributed by atoms with E-state index in [1.807, 2.05) is 33.8 Å². The van der Waals surface area contributed by atoms with Gasteiger partial charge in [-0.2, -0.15) is 0 Å². The largest absolute Gasteiger partial charge is 0.477 e. The molecule has 2 aliphatic rings. The fourth-order valence-corrected chi connectivity index (χ4v) is 5.74. The molecule has 0 bridgehead atoms. The maximum absolute atomic E-state index is 14.0. The topological polar surface area (TPSA) is 87.2 Å². The summed E-state index contributed by atoms with van der Waals surface area (Å²) in [5, 5.41) is 10.0. The third-order valence-electron chi connectivity index (χ3n) is 6.81. The van der Waals surface area contributed by atoms with Gasteiger partial charge in [-0.15, -0.1) is 11.3 Å². The van der Waals surface area contributed by atoms with Crippen LogP contribution in [0.4, 0.5) is 5.69 Å². The van der Waals surface area contributed by atoms with Gasteiger partial charge in [-0.05, 0) is 49.5 Å². The zero-order valence-electron chi connectivity index (χ0n) is 20.6. The van der Waals surface area contributed by atoms with Crippen LogP contribution in [0.2, 0.25) is 0 Å². The fraction of sp³-hybridized carbons (Fsp3) is 0.720. The van der Waals surface area contributed by atoms with E-state index >= 15 is 0 Å². The lowest BCUT2D eigenvalue weighted by atomic mass is 9.82. The molecular weight excluding hydrogens is 440 g/mol. The molecule has 1 saturated heterocycles. The molecule has 184 valence electrons. The first-order valence-corrected chi connectivity index (χ1v) is 12.9. The van der Waals surface area contributed by atoms with Gasteiger partial charge in [-0.3, -0.25) is 14.5 Å². The smallest absolute Gasteiger partial charge is 0.348 e. The van der Waals surface area contributed by atoms with Gasteiger partial charge in [0.2, 0.25) is 11.8 Å². The lowest BCUT2D eigenvalue weighted by molar-refractivity contribution is -0.139. The van der Waals surface area contributed by atoms with Crippen LogP contribution in [0, 0.1) is 11.8 Å². The number of rotatable bonds is 6. The zero-order chi connectivity index (χ0) is 24.3. The number of aromatic carboxylic acids is 1. The van der Waals surface area contributed by atoms with Crippen molar-refractivity contribution >= 4 is 34.8 Å². The van der Waals surface area contributed by atoms with Crippen LogP contribution >= 0.6 is 11.3 Å². The maximum Gasteiger partial charge on any atom is 0.348 e. The van der Waals surface area contributed by atoms with Crippen molar-refractivity contribution in [2.24, 2.45) is 11.8 Å². The molecule has 0 aromatic carbocycles. The quantitative estimate of drug-likeness (QED) is 0.649. The number of carbonyl (C=O) groups excluding carboxylic acids is 2. The van der Waals surface area contributed by atoms with E-state index in [-0.39, 0.29) is 28.0 Å². The fourth-order valence-electron chi connectivity index (χ4n) is 4.69. The van der Waals surface area contributed by atoms with Crippen LogP contribution in [-0.2, 0) is 19.7 Å². The molecule has 2 fully saturated rings. The van der Waals surface area contributed by atoms with Gasteiger partial charge in [0.15, 0.2) is 0 Å². The Morgan fingerprint density at radius 1 is 1.18 bits per heavy atom. The molecule has 0 radical (unpaired) electrons. The first kappa shape index (κ1) is 25.7. The molecule has 1 aliphatic heterocycles. The normalized spacial score (nSPS) is 22.6. The lowest BCUT2D eigenvalue weighted by Crippen LogP contribution is -2.55. The predicted octanol–water partition coefficient (Wildman–Crippen LogP) is 4.54. The summed E-state index contributed by atoms with van der Waals surface area (Å²) >= 11 is 1.20. The van der Waals surface area contributed by atoms with E-state index in [9.17, 15) is 19.5 Å². The molecule has 1 N–H and O–H groups in total. The average molecular weight is 479 g/mol. The Hall–Kier alpha value is -1.93. The van der Waals surface area contributed by atoms with E-state index in [4.69, 9.17) is 4.74 Å². The summed E-state index contributed by atoms with van der Waals surface area (Å²) in [6, 6.07) is 1.10. The Bertz CT molecular complexity index is 861. The number of carboxylic acid groups (broad SMARTS) is 1. The van der Waals surface area contributed by atoms with Crippen molar-refractivity contribution in [3.05, 3.63) is 15.8 Å². The monoisotopic (exact) mass is 478 g/mol. The maximum atomic E-state index is 14.0. The van der Waals surface area contributed by atoms with Gasteiger partial charge in [-0.25, -0.2) is 4.79 Å². The van der Waals surface area contributed by atoms with Crippen LogP contribution in [0.3, 0.4) is 0 Å². The number of amides is 2. The van der Waals surface area contributed by atoms with E-state index in [1.165, 1.54) is 11.3 Å². The number of hydrogen-bond donors (Lipinski definition) is 1. The number of carboxylic acids is 1. The van der Waals surface area contributed by atoms with Crippen molar-refractivity contribution in [2.75, 3.05) is 31.2 Å². The molecular formula is C25H38N2O5S. The summed E-state index contributed by atoms with van der Waals surface area (Å²) in [6.07, 6.45) is 3.92. The van der Waals surface area contributed by atoms with Crippen LogP contribution in [0.5, 0.6) is 0 Å². The third kappa shape index (κ3) is 5.77. The highest BCUT2D eigenvalue weighted by atomic mass is 32.1. The average Bonchev–Trinajstić information content (AvgIpc) is 3.23. The molecule has 33 heavy (non-hydrogen) atoms. The SMILES string of the molecule is CC[C@@H](C(=O)N1CCOCC1)N(c1cc(C(C)(C)C)sc1C(=O)O)C(=O)[C@H]1CC[C@H](C)CC1. The second-order valence-corrected chi connectivity index (χ2v) is 11.5. The molecule has 3 rings (SSSR count). The Morgan fingerprint density at radius 2 is 1.79 bits per heavy atom. The van der Waals surface area contributed by atoms with Gasteiger partial charge in [0.25, 0.3) is 0 Å². The molecule has 8 heteroatoms. The highest BCUT2D eigenvalue weighted by Crippen LogP contribution is 2.40. The Labute approximate surface area is 201 Å². The number of hydrogen-bond acceptors (Lipinski definition) is 5. The number of thiophene rings is 1. The lowest BCUT2D eigenvalue weighted by Gasteiger charge is -2.38. The molecule has 1 aromatic rings. The van der Waals surface area contributed by atoms with Crippen molar-refractivity contribution in [1.82, 2.24) is 4.90 Å². The number of anilines is 1. The van der Waals surface area contributed by atoms with Crippen molar-refractivity contribution < 1.29 is 24.2 Å². The van der Waals surface area contributed by atoms with Crippen molar-refractivity contribution in [1.29, 1.82) is 0 Å². The van der Waals surface area contributed by atoms with Crippen molar-refractivity contribution in [3.63, 3.8) is 0 Å². The van der Waals surface area contributed by atoms with Crippen molar-refractivity contribution in [3.8, 4) is 0 Å². The number of morpholine rings is 1. The zero-order valence-corrected chi connectivity index (χ0v) is 21.4. The summed E-state index contributed by atoms with van der Waals surface area (Å²) in [7, 11) is 0.